The van der Waals surface area contributed by atoms with E-state index in [1.54, 1.807) is 0 Å². The van der Waals surface area contributed by atoms with Gasteiger partial charge in [-0.3, -0.25) is 14.9 Å². The predicted molar refractivity (Wildman–Crippen MR) is 60.1 cm³/mol. The van der Waals surface area contributed by atoms with Crippen LogP contribution in [0, 0.1) is 10.1 Å². The number of amides is 1. The van der Waals surface area contributed by atoms with Gasteiger partial charge < -0.3 is 10.4 Å². The largest absolute Gasteiger partial charge is 0.477 e. The Kier molecular flexibility index (Phi) is 5.80. The molecule has 1 amide bonds. The van der Waals surface area contributed by atoms with Crippen LogP contribution in [0.5, 0.6) is 0 Å². The van der Waals surface area contributed by atoms with Gasteiger partial charge >= 0.3 is 5.97 Å². The van der Waals surface area contributed by atoms with Crippen molar-refractivity contribution in [2.24, 2.45) is 0 Å². The van der Waals surface area contributed by atoms with E-state index in [2.05, 4.69) is 5.32 Å². The van der Waals surface area contributed by atoms with Crippen molar-refractivity contribution < 1.29 is 19.6 Å². The van der Waals surface area contributed by atoms with Crippen molar-refractivity contribution in [3.63, 3.8) is 0 Å². The van der Waals surface area contributed by atoms with Gasteiger partial charge in [-0.25, -0.2) is 4.79 Å². The van der Waals surface area contributed by atoms with E-state index in [1.165, 1.54) is 13.0 Å². The Morgan fingerprint density at radius 1 is 1.41 bits per heavy atom. The molecule has 0 fully saturated rings. The molecule has 17 heavy (non-hydrogen) atoms. The minimum Gasteiger partial charge on any atom is -0.477 e. The molecule has 0 unspecified atom stereocenters. The van der Waals surface area contributed by atoms with E-state index in [4.69, 9.17) is 5.11 Å². The molecule has 1 radical (unpaired) electrons. The van der Waals surface area contributed by atoms with Crippen molar-refractivity contribution in [3.8, 4) is 0 Å². The van der Waals surface area contributed by atoms with Gasteiger partial charge in [-0.1, -0.05) is 0 Å². The molecule has 0 saturated carbocycles. The molecule has 0 heterocycles. The molecule has 0 bridgehead atoms. The summed E-state index contributed by atoms with van der Waals surface area (Å²) in [6.07, 6.45) is 0. The van der Waals surface area contributed by atoms with Crippen LogP contribution in [0.4, 0.5) is 11.4 Å². The molecule has 0 saturated heterocycles. The Balaban J connectivity index is 0.00000256. The van der Waals surface area contributed by atoms with Crippen molar-refractivity contribution in [2.45, 2.75) is 6.92 Å². The molecule has 0 aliphatic carbocycles. The number of hydrogen-bond acceptors (Lipinski definition) is 4. The van der Waals surface area contributed by atoms with Gasteiger partial charge in [-0.15, -0.1) is 0 Å². The summed E-state index contributed by atoms with van der Waals surface area (Å²) in [5.74, 6) is -1.80. The van der Waals surface area contributed by atoms with Crippen LogP contribution in [0.2, 0.25) is 0 Å². The van der Waals surface area contributed by atoms with Crippen LogP contribution >= 0.6 is 0 Å². The second-order valence-electron chi connectivity index (χ2n) is 2.98. The van der Waals surface area contributed by atoms with Crippen molar-refractivity contribution in [2.75, 3.05) is 5.32 Å². The Morgan fingerprint density at radius 3 is 2.41 bits per heavy atom. The SMILES string of the molecule is CC(=O)Nc1ccc([N+](=O)[O-])c(C(=O)O)c1.[Na]. The first-order chi connectivity index (χ1) is 7.41. The summed E-state index contributed by atoms with van der Waals surface area (Å²) in [5.41, 5.74) is -0.770. The number of hydrogen-bond donors (Lipinski definition) is 2. The van der Waals surface area contributed by atoms with Gasteiger partial charge in [-0.2, -0.15) is 0 Å². The van der Waals surface area contributed by atoms with Crippen molar-refractivity contribution >= 4 is 52.8 Å². The minimum atomic E-state index is -1.42. The van der Waals surface area contributed by atoms with Crippen molar-refractivity contribution in [3.05, 3.63) is 33.9 Å². The molecule has 8 heteroatoms. The molecule has 0 aromatic heterocycles. The third-order valence-corrected chi connectivity index (χ3v) is 1.74. The molecule has 1 rings (SSSR count). The summed E-state index contributed by atoms with van der Waals surface area (Å²) in [5, 5.41) is 21.6. The van der Waals surface area contributed by atoms with Crippen LogP contribution in [0.1, 0.15) is 17.3 Å². The number of carboxylic acids is 1. The fourth-order valence-corrected chi connectivity index (χ4v) is 1.15. The van der Waals surface area contributed by atoms with Gasteiger partial charge in [0.05, 0.1) is 4.92 Å². The summed E-state index contributed by atoms with van der Waals surface area (Å²) in [4.78, 5) is 31.2. The van der Waals surface area contributed by atoms with E-state index < -0.39 is 22.1 Å². The molecule has 0 aliphatic heterocycles. The zero-order valence-corrected chi connectivity index (χ0v) is 11.3. The molecule has 2 N–H and O–H groups in total. The Labute approximate surface area is 118 Å². The Morgan fingerprint density at radius 2 is 2.00 bits per heavy atom. The number of anilines is 1. The first kappa shape index (κ1) is 15.6. The van der Waals surface area contributed by atoms with Gasteiger partial charge in [0.2, 0.25) is 5.91 Å². The quantitative estimate of drug-likeness (QED) is 0.468. The Hall–Kier alpha value is -1.44. The fourth-order valence-electron chi connectivity index (χ4n) is 1.15. The number of nitrogens with zero attached hydrogens (tertiary/aromatic N) is 1. The topological polar surface area (TPSA) is 110 Å². The summed E-state index contributed by atoms with van der Waals surface area (Å²) >= 11 is 0. The van der Waals surface area contributed by atoms with E-state index >= 15 is 0 Å². The summed E-state index contributed by atoms with van der Waals surface area (Å²) in [6.45, 7) is 1.25. The number of carbonyl (C=O) groups excluding carboxylic acids is 1. The van der Waals surface area contributed by atoms with Gasteiger partial charge in [-0.05, 0) is 12.1 Å². The molecule has 1 aromatic rings. The summed E-state index contributed by atoms with van der Waals surface area (Å²) in [7, 11) is 0. The molecular weight excluding hydrogens is 239 g/mol. The molecule has 85 valence electrons. The van der Waals surface area contributed by atoms with Crippen LogP contribution in [0.25, 0.3) is 0 Å². The maximum atomic E-state index is 10.7. The zero-order chi connectivity index (χ0) is 12.3. The number of carboxylic acid groups (broad SMARTS) is 1. The summed E-state index contributed by atoms with van der Waals surface area (Å²) in [6, 6.07) is 3.35. The first-order valence-corrected chi connectivity index (χ1v) is 4.21. The van der Waals surface area contributed by atoms with E-state index in [0.29, 0.717) is 0 Å². The third kappa shape index (κ3) is 4.14. The second kappa shape index (κ2) is 6.33. The van der Waals surface area contributed by atoms with Gasteiger partial charge in [0, 0.05) is 48.2 Å². The van der Waals surface area contributed by atoms with Gasteiger partial charge in [0.25, 0.3) is 5.69 Å². The van der Waals surface area contributed by atoms with Crippen LogP contribution in [0.3, 0.4) is 0 Å². The number of benzene rings is 1. The molecule has 0 spiro atoms. The number of rotatable bonds is 3. The number of carbonyl (C=O) groups is 2. The molecule has 1 aromatic carbocycles. The average molecular weight is 247 g/mol. The van der Waals surface area contributed by atoms with E-state index in [-0.39, 0.29) is 41.2 Å². The Bertz CT molecular complexity index is 474. The average Bonchev–Trinajstić information content (AvgIpc) is 2.16. The van der Waals surface area contributed by atoms with Crippen LogP contribution in [-0.4, -0.2) is 51.5 Å². The van der Waals surface area contributed by atoms with Crippen molar-refractivity contribution in [1.29, 1.82) is 0 Å². The molecule has 0 aliphatic rings. The maximum Gasteiger partial charge on any atom is 0.342 e. The van der Waals surface area contributed by atoms with E-state index in [1.807, 2.05) is 0 Å². The van der Waals surface area contributed by atoms with Crippen LogP contribution < -0.4 is 5.32 Å². The maximum absolute atomic E-state index is 10.7. The smallest absolute Gasteiger partial charge is 0.342 e. The van der Waals surface area contributed by atoms with Crippen LogP contribution in [-0.2, 0) is 4.79 Å². The normalized spacial score (nSPS) is 9.00. The minimum absolute atomic E-state index is 0. The third-order valence-electron chi connectivity index (χ3n) is 1.74. The molecule has 7 nitrogen and oxygen atoms in total. The monoisotopic (exact) mass is 247 g/mol. The summed E-state index contributed by atoms with van der Waals surface area (Å²) < 4.78 is 0. The number of nitrogens with one attached hydrogen (secondary N) is 1. The first-order valence-electron chi connectivity index (χ1n) is 4.21. The van der Waals surface area contributed by atoms with E-state index in [9.17, 15) is 19.7 Å². The van der Waals surface area contributed by atoms with Crippen molar-refractivity contribution in [1.82, 2.24) is 0 Å². The zero-order valence-electron chi connectivity index (χ0n) is 9.26. The van der Waals surface area contributed by atoms with Gasteiger partial charge in [0.15, 0.2) is 0 Å². The van der Waals surface area contributed by atoms with Gasteiger partial charge in [0.1, 0.15) is 5.56 Å². The van der Waals surface area contributed by atoms with E-state index in [0.717, 1.165) is 12.1 Å². The molecular formula is C9H8N2NaO5. The number of nitro benzene ring substituents is 1. The number of aromatic carboxylic acids is 1. The number of nitro groups is 1. The fraction of sp³-hybridized carbons (Fsp3) is 0.111. The van der Waals surface area contributed by atoms with Crippen LogP contribution in [0.15, 0.2) is 18.2 Å². The second-order valence-corrected chi connectivity index (χ2v) is 2.98. The molecule has 0 atom stereocenters. The predicted octanol–water partition coefficient (Wildman–Crippen LogP) is 0.871. The standard InChI is InChI=1S/C9H8N2O5.Na/c1-5(12)10-6-2-3-8(11(15)16)7(4-6)9(13)14;/h2-4H,1H3,(H,10,12)(H,13,14);.